The molecule has 116 valence electrons. The molecule has 0 aliphatic rings. The number of alkyl halides is 3. The Morgan fingerprint density at radius 2 is 2.09 bits per heavy atom. The first-order valence-electron chi connectivity index (χ1n) is 6.75. The number of halogens is 3. The van der Waals surface area contributed by atoms with Crippen molar-refractivity contribution < 1.29 is 13.2 Å². The molecule has 0 saturated heterocycles. The first-order valence-corrected chi connectivity index (χ1v) is 6.75. The number of aromatic nitrogens is 4. The van der Waals surface area contributed by atoms with Crippen LogP contribution in [0.3, 0.4) is 0 Å². The summed E-state index contributed by atoms with van der Waals surface area (Å²) in [5.41, 5.74) is 0.524. The van der Waals surface area contributed by atoms with E-state index >= 15 is 0 Å². The molecule has 0 fully saturated rings. The summed E-state index contributed by atoms with van der Waals surface area (Å²) in [6, 6.07) is 6.74. The van der Waals surface area contributed by atoms with Gasteiger partial charge in [0.2, 0.25) is 0 Å². The van der Waals surface area contributed by atoms with Gasteiger partial charge in [-0.05, 0) is 24.6 Å². The van der Waals surface area contributed by atoms with E-state index in [1.165, 1.54) is 6.07 Å². The van der Waals surface area contributed by atoms with Gasteiger partial charge in [0.05, 0.1) is 22.8 Å². The van der Waals surface area contributed by atoms with Gasteiger partial charge in [0, 0.05) is 11.6 Å². The Balaban J connectivity index is 2.33. The molecule has 5 nitrogen and oxygen atoms in total. The number of hydrogen-bond donors (Lipinski definition) is 0. The molecule has 0 saturated carbocycles. The molecule has 0 aliphatic carbocycles. The van der Waals surface area contributed by atoms with Gasteiger partial charge in [0.1, 0.15) is 11.9 Å². The van der Waals surface area contributed by atoms with Gasteiger partial charge in [-0.25, -0.2) is 14.6 Å². The van der Waals surface area contributed by atoms with Crippen LogP contribution in [0.15, 0.2) is 30.7 Å². The molecule has 8 heteroatoms. The number of hydrogen-bond acceptors (Lipinski definition) is 4. The minimum Gasteiger partial charge on any atom is -0.244 e. The highest BCUT2D eigenvalue weighted by Gasteiger charge is 2.36. The van der Waals surface area contributed by atoms with Crippen LogP contribution in [0.1, 0.15) is 23.7 Å². The van der Waals surface area contributed by atoms with Gasteiger partial charge in [-0.2, -0.15) is 23.5 Å². The molecule has 3 rings (SSSR count). The lowest BCUT2D eigenvalue weighted by Gasteiger charge is -2.11. The Labute approximate surface area is 129 Å². The fourth-order valence-electron chi connectivity index (χ4n) is 2.36. The molecule has 0 N–H and O–H groups in total. The lowest BCUT2D eigenvalue weighted by Crippen LogP contribution is -2.14. The van der Waals surface area contributed by atoms with Crippen LogP contribution >= 0.6 is 0 Å². The smallest absolute Gasteiger partial charge is 0.244 e. The zero-order valence-electron chi connectivity index (χ0n) is 12.0. The first-order chi connectivity index (χ1) is 11.0. The van der Waals surface area contributed by atoms with Gasteiger partial charge in [0.15, 0.2) is 5.82 Å². The monoisotopic (exact) mass is 317 g/mol. The number of rotatable bonds is 2. The van der Waals surface area contributed by atoms with Crippen LogP contribution in [0.5, 0.6) is 0 Å². The zero-order chi connectivity index (χ0) is 16.6. The SMILES string of the molecule is CCc1nn(-c2ncncc2C(F)(F)F)c2ccc(C#N)cc12. The van der Waals surface area contributed by atoms with Gasteiger partial charge >= 0.3 is 6.18 Å². The zero-order valence-corrected chi connectivity index (χ0v) is 12.0. The molecular formula is C15H10F3N5. The van der Waals surface area contributed by atoms with E-state index in [4.69, 9.17) is 5.26 Å². The normalized spacial score (nSPS) is 11.6. The third-order valence-electron chi connectivity index (χ3n) is 3.42. The fraction of sp³-hybridized carbons (Fsp3) is 0.200. The highest BCUT2D eigenvalue weighted by molar-refractivity contribution is 5.84. The lowest BCUT2D eigenvalue weighted by atomic mass is 10.1. The van der Waals surface area contributed by atoms with Gasteiger partial charge in [0.25, 0.3) is 0 Å². The first kappa shape index (κ1) is 15.0. The Morgan fingerprint density at radius 1 is 1.30 bits per heavy atom. The van der Waals surface area contributed by atoms with Crippen molar-refractivity contribution in [3.8, 4) is 11.9 Å². The highest BCUT2D eigenvalue weighted by Crippen LogP contribution is 2.33. The maximum atomic E-state index is 13.2. The molecule has 0 spiro atoms. The molecule has 0 amide bonds. The number of nitriles is 1. The van der Waals surface area contributed by atoms with E-state index in [2.05, 4.69) is 15.1 Å². The molecule has 0 radical (unpaired) electrons. The van der Waals surface area contributed by atoms with Gasteiger partial charge in [-0.1, -0.05) is 6.92 Å². The topological polar surface area (TPSA) is 67.4 Å². The Kier molecular flexibility index (Phi) is 3.48. The minimum absolute atomic E-state index is 0.332. The van der Waals surface area contributed by atoms with Gasteiger partial charge < -0.3 is 0 Å². The van der Waals surface area contributed by atoms with E-state index in [9.17, 15) is 13.2 Å². The fourth-order valence-corrected chi connectivity index (χ4v) is 2.36. The van der Waals surface area contributed by atoms with Crippen LogP contribution in [0.4, 0.5) is 13.2 Å². The molecule has 2 aromatic heterocycles. The molecule has 0 bridgehead atoms. The van der Waals surface area contributed by atoms with Crippen molar-refractivity contribution >= 4 is 10.9 Å². The van der Waals surface area contributed by atoms with Crippen molar-refractivity contribution in [2.24, 2.45) is 0 Å². The Morgan fingerprint density at radius 3 is 2.74 bits per heavy atom. The molecule has 0 aliphatic heterocycles. The Hall–Kier alpha value is -2.95. The van der Waals surface area contributed by atoms with E-state index in [-0.39, 0.29) is 5.82 Å². The average molecular weight is 317 g/mol. The molecule has 2 heterocycles. The van der Waals surface area contributed by atoms with E-state index in [1.807, 2.05) is 13.0 Å². The van der Waals surface area contributed by atoms with Crippen molar-refractivity contribution in [2.75, 3.05) is 0 Å². The minimum atomic E-state index is -4.59. The van der Waals surface area contributed by atoms with Crippen molar-refractivity contribution in [1.29, 1.82) is 5.26 Å². The second kappa shape index (κ2) is 5.35. The second-order valence-electron chi connectivity index (χ2n) is 4.81. The van der Waals surface area contributed by atoms with E-state index < -0.39 is 11.7 Å². The van der Waals surface area contributed by atoms with E-state index in [0.717, 1.165) is 17.2 Å². The van der Waals surface area contributed by atoms with E-state index in [1.54, 1.807) is 12.1 Å². The van der Waals surface area contributed by atoms with Gasteiger partial charge in [-0.3, -0.25) is 0 Å². The quantitative estimate of drug-likeness (QED) is 0.727. The number of fused-ring (bicyclic) bond motifs is 1. The summed E-state index contributed by atoms with van der Waals surface area (Å²) in [5.74, 6) is -0.332. The average Bonchev–Trinajstić information content (AvgIpc) is 2.91. The van der Waals surface area contributed by atoms with Crippen LogP contribution in [-0.2, 0) is 12.6 Å². The molecule has 3 aromatic rings. The van der Waals surface area contributed by atoms with Crippen molar-refractivity contribution in [1.82, 2.24) is 19.7 Å². The highest BCUT2D eigenvalue weighted by atomic mass is 19.4. The number of aryl methyl sites for hydroxylation is 1. The van der Waals surface area contributed by atoms with Crippen LogP contribution in [-0.4, -0.2) is 19.7 Å². The second-order valence-corrected chi connectivity index (χ2v) is 4.81. The summed E-state index contributed by atoms with van der Waals surface area (Å²) < 4.78 is 40.7. The molecule has 0 unspecified atom stereocenters. The van der Waals surface area contributed by atoms with Crippen LogP contribution in [0, 0.1) is 11.3 Å². The molecular weight excluding hydrogens is 307 g/mol. The molecule has 0 atom stereocenters. The number of benzene rings is 1. The third kappa shape index (κ3) is 2.50. The predicted molar refractivity (Wildman–Crippen MR) is 75.8 cm³/mol. The molecule has 23 heavy (non-hydrogen) atoms. The summed E-state index contributed by atoms with van der Waals surface area (Å²) in [4.78, 5) is 7.22. The lowest BCUT2D eigenvalue weighted by molar-refractivity contribution is -0.138. The standard InChI is InChI=1S/C15H10F3N5/c1-2-12-10-5-9(6-19)3-4-13(10)23(22-12)14-11(15(16,17)18)7-20-8-21-14/h3-5,7-8H,2H2,1H3. The maximum Gasteiger partial charge on any atom is 0.421 e. The predicted octanol–water partition coefficient (Wildman–Crippen LogP) is 3.27. The van der Waals surface area contributed by atoms with Crippen LogP contribution in [0.25, 0.3) is 16.7 Å². The van der Waals surface area contributed by atoms with Crippen LogP contribution in [0.2, 0.25) is 0 Å². The summed E-state index contributed by atoms with van der Waals surface area (Å²) in [5, 5.41) is 13.9. The number of nitrogens with zero attached hydrogens (tertiary/aromatic N) is 5. The molecule has 1 aromatic carbocycles. The summed E-state index contributed by atoms with van der Waals surface area (Å²) >= 11 is 0. The summed E-state index contributed by atoms with van der Waals surface area (Å²) in [6.45, 7) is 1.84. The summed E-state index contributed by atoms with van der Waals surface area (Å²) in [6.07, 6.45) is -2.29. The van der Waals surface area contributed by atoms with Gasteiger partial charge in [-0.15, -0.1) is 0 Å². The van der Waals surface area contributed by atoms with Crippen LogP contribution < -0.4 is 0 Å². The Bertz CT molecular complexity index is 921. The van der Waals surface area contributed by atoms with E-state index in [0.29, 0.717) is 28.6 Å². The van der Waals surface area contributed by atoms with Crippen molar-refractivity contribution in [3.05, 3.63) is 47.5 Å². The summed E-state index contributed by atoms with van der Waals surface area (Å²) in [7, 11) is 0. The van der Waals surface area contributed by atoms with Crippen molar-refractivity contribution in [3.63, 3.8) is 0 Å². The largest absolute Gasteiger partial charge is 0.421 e. The van der Waals surface area contributed by atoms with Crippen molar-refractivity contribution in [2.45, 2.75) is 19.5 Å². The third-order valence-corrected chi connectivity index (χ3v) is 3.42. The maximum absolute atomic E-state index is 13.2.